The molecular weight excluding hydrogens is 349 g/mol. The fourth-order valence-corrected chi connectivity index (χ4v) is 2.33. The van der Waals surface area contributed by atoms with Gasteiger partial charge in [-0.1, -0.05) is 0 Å². The van der Waals surface area contributed by atoms with E-state index in [-0.39, 0.29) is 5.56 Å². The Morgan fingerprint density at radius 1 is 1.08 bits per heavy atom. The van der Waals surface area contributed by atoms with Gasteiger partial charge in [0.05, 0.1) is 24.6 Å². The molecule has 4 N–H and O–H groups in total. The number of hydrogen-bond donors (Lipinski definition) is 4. The van der Waals surface area contributed by atoms with Gasteiger partial charge in [0, 0.05) is 17.4 Å². The van der Waals surface area contributed by atoms with Crippen LogP contribution in [0.5, 0.6) is 0 Å². The Hall–Kier alpha value is -3.14. The summed E-state index contributed by atoms with van der Waals surface area (Å²) in [6, 6.07) is 5.18. The van der Waals surface area contributed by atoms with E-state index >= 15 is 0 Å². The minimum absolute atomic E-state index is 0.225. The van der Waals surface area contributed by atoms with Gasteiger partial charge in [0.15, 0.2) is 17.5 Å². The maximum atomic E-state index is 12.9. The van der Waals surface area contributed by atoms with Gasteiger partial charge in [0.2, 0.25) is 0 Å². The van der Waals surface area contributed by atoms with E-state index in [1.165, 1.54) is 24.5 Å². The number of anilines is 4. The number of nitrogens with zero attached hydrogens (tertiary/aromatic N) is 3. The molecule has 2 heterocycles. The number of H-pyrrole nitrogens is 1. The summed E-state index contributed by atoms with van der Waals surface area (Å²) in [6.07, 6.45) is -1.61. The third-order valence-electron chi connectivity index (χ3n) is 3.45. The van der Waals surface area contributed by atoms with Gasteiger partial charge in [-0.3, -0.25) is 10.1 Å². The van der Waals surface area contributed by atoms with E-state index in [1.807, 2.05) is 6.92 Å². The Morgan fingerprint density at radius 3 is 2.42 bits per heavy atom. The minimum atomic E-state index is -4.53. The fourth-order valence-electron chi connectivity index (χ4n) is 2.33. The molecule has 7 nitrogen and oxygen atoms in total. The van der Waals surface area contributed by atoms with Gasteiger partial charge < -0.3 is 15.7 Å². The molecule has 3 rings (SSSR count). The van der Waals surface area contributed by atoms with E-state index in [2.05, 4.69) is 30.8 Å². The van der Waals surface area contributed by atoms with Crippen LogP contribution in [0.2, 0.25) is 0 Å². The Morgan fingerprint density at radius 2 is 1.81 bits per heavy atom. The molecule has 2 aromatic heterocycles. The summed E-state index contributed by atoms with van der Waals surface area (Å²) < 4.78 is 38.7. The fraction of sp³-hybridized carbons (Fsp3) is 0.188. The predicted octanol–water partition coefficient (Wildman–Crippen LogP) is 3.51. The van der Waals surface area contributed by atoms with E-state index in [1.54, 1.807) is 6.07 Å². The molecule has 0 saturated carbocycles. The Labute approximate surface area is 146 Å². The number of aliphatic hydroxyl groups excluding tert-OH is 1. The van der Waals surface area contributed by atoms with Crippen LogP contribution >= 0.6 is 0 Å². The molecule has 0 aliphatic heterocycles. The summed E-state index contributed by atoms with van der Waals surface area (Å²) in [5.74, 6) is 1.30. The second-order valence-corrected chi connectivity index (χ2v) is 5.50. The van der Waals surface area contributed by atoms with Crippen molar-refractivity contribution < 1.29 is 18.3 Å². The maximum absolute atomic E-state index is 12.9. The van der Waals surface area contributed by atoms with Gasteiger partial charge in [0.1, 0.15) is 0 Å². The first-order valence-corrected chi connectivity index (χ1v) is 7.54. The quantitative estimate of drug-likeness (QED) is 0.553. The van der Waals surface area contributed by atoms with Crippen LogP contribution in [0.3, 0.4) is 0 Å². The van der Waals surface area contributed by atoms with Crippen molar-refractivity contribution in [3.8, 4) is 0 Å². The second kappa shape index (κ2) is 7.00. The molecule has 0 fully saturated rings. The number of aromatic nitrogens is 4. The van der Waals surface area contributed by atoms with Gasteiger partial charge in [0.25, 0.3) is 0 Å². The highest BCUT2D eigenvalue weighted by atomic mass is 19.4. The summed E-state index contributed by atoms with van der Waals surface area (Å²) in [5, 5.41) is 21.8. The number of halogens is 3. The lowest BCUT2D eigenvalue weighted by molar-refractivity contribution is -0.138. The van der Waals surface area contributed by atoms with Crippen LogP contribution in [0.4, 0.5) is 36.3 Å². The first-order chi connectivity index (χ1) is 12.3. The monoisotopic (exact) mass is 364 g/mol. The molecule has 26 heavy (non-hydrogen) atoms. The summed E-state index contributed by atoms with van der Waals surface area (Å²) in [7, 11) is 0. The van der Waals surface area contributed by atoms with Gasteiger partial charge in [-0.2, -0.15) is 18.3 Å². The van der Waals surface area contributed by atoms with Crippen molar-refractivity contribution in [3.63, 3.8) is 0 Å². The van der Waals surface area contributed by atoms with E-state index in [4.69, 9.17) is 0 Å². The lowest BCUT2D eigenvalue weighted by atomic mass is 10.1. The molecule has 0 bridgehead atoms. The number of hydrogen-bond acceptors (Lipinski definition) is 6. The van der Waals surface area contributed by atoms with Crippen LogP contribution in [-0.2, 0) is 12.8 Å². The van der Waals surface area contributed by atoms with E-state index in [0.29, 0.717) is 23.1 Å². The van der Waals surface area contributed by atoms with E-state index in [0.717, 1.165) is 11.8 Å². The van der Waals surface area contributed by atoms with Crippen molar-refractivity contribution in [2.24, 2.45) is 0 Å². The molecule has 0 atom stereocenters. The lowest BCUT2D eigenvalue weighted by Gasteiger charge is -2.14. The first-order valence-electron chi connectivity index (χ1n) is 7.54. The number of nitrogens with one attached hydrogen (secondary N) is 3. The number of aryl methyl sites for hydroxylation is 1. The van der Waals surface area contributed by atoms with Crippen molar-refractivity contribution in [1.82, 2.24) is 20.2 Å². The molecule has 0 aliphatic carbocycles. The zero-order valence-electron chi connectivity index (χ0n) is 13.6. The molecule has 0 unspecified atom stereocenters. The SMILES string of the molecule is Cc1cc(Nc2cncc(Nc3ccc(C(F)(F)F)c(CO)c3)n2)n[nH]1. The molecule has 10 heteroatoms. The minimum Gasteiger partial charge on any atom is -0.392 e. The molecule has 0 amide bonds. The molecule has 0 radical (unpaired) electrons. The second-order valence-electron chi connectivity index (χ2n) is 5.50. The normalized spacial score (nSPS) is 11.4. The van der Waals surface area contributed by atoms with Gasteiger partial charge in [-0.25, -0.2) is 4.98 Å². The van der Waals surface area contributed by atoms with Crippen LogP contribution in [0.25, 0.3) is 0 Å². The molecular formula is C16H15F3N6O. The Balaban J connectivity index is 1.79. The molecule has 0 aliphatic rings. The summed E-state index contributed by atoms with van der Waals surface area (Å²) in [6.45, 7) is 1.13. The average molecular weight is 364 g/mol. The van der Waals surface area contributed by atoms with Gasteiger partial charge in [-0.15, -0.1) is 0 Å². The van der Waals surface area contributed by atoms with Crippen molar-refractivity contribution in [2.75, 3.05) is 10.6 Å². The Kier molecular flexibility index (Phi) is 4.76. The lowest BCUT2D eigenvalue weighted by Crippen LogP contribution is -2.09. The standard InChI is InChI=1S/C16H15F3N6O/c1-9-4-13(25-24-9)22-15-7-20-6-14(23-15)21-11-2-3-12(16(17,18)19)10(5-11)8-26/h2-7,26H,8H2,1H3,(H3,21,22,23,24,25). The van der Waals surface area contributed by atoms with Crippen LogP contribution in [0.1, 0.15) is 16.8 Å². The number of rotatable bonds is 5. The van der Waals surface area contributed by atoms with Crippen LogP contribution in [0, 0.1) is 6.92 Å². The summed E-state index contributed by atoms with van der Waals surface area (Å²) >= 11 is 0. The van der Waals surface area contributed by atoms with Gasteiger partial charge >= 0.3 is 6.18 Å². The van der Waals surface area contributed by atoms with Crippen molar-refractivity contribution in [2.45, 2.75) is 19.7 Å². The highest BCUT2D eigenvalue weighted by molar-refractivity contribution is 5.60. The van der Waals surface area contributed by atoms with Crippen LogP contribution in [-0.4, -0.2) is 25.3 Å². The molecule has 0 saturated heterocycles. The predicted molar refractivity (Wildman–Crippen MR) is 89.3 cm³/mol. The van der Waals surface area contributed by atoms with Crippen molar-refractivity contribution >= 4 is 23.1 Å². The zero-order valence-corrected chi connectivity index (χ0v) is 13.6. The van der Waals surface area contributed by atoms with Gasteiger partial charge in [-0.05, 0) is 30.7 Å². The molecule has 136 valence electrons. The van der Waals surface area contributed by atoms with Crippen molar-refractivity contribution in [3.05, 3.63) is 53.5 Å². The van der Waals surface area contributed by atoms with E-state index in [9.17, 15) is 18.3 Å². The number of aliphatic hydroxyl groups is 1. The largest absolute Gasteiger partial charge is 0.416 e. The molecule has 3 aromatic rings. The number of alkyl halides is 3. The Bertz CT molecular complexity index is 909. The van der Waals surface area contributed by atoms with Crippen LogP contribution in [0.15, 0.2) is 36.7 Å². The average Bonchev–Trinajstić information content (AvgIpc) is 2.99. The highest BCUT2D eigenvalue weighted by Gasteiger charge is 2.33. The zero-order chi connectivity index (χ0) is 18.7. The van der Waals surface area contributed by atoms with Crippen LogP contribution < -0.4 is 10.6 Å². The third-order valence-corrected chi connectivity index (χ3v) is 3.45. The molecule has 0 spiro atoms. The third kappa shape index (κ3) is 4.09. The topological polar surface area (TPSA) is 98.8 Å². The first kappa shape index (κ1) is 17.7. The van der Waals surface area contributed by atoms with Crippen molar-refractivity contribution in [1.29, 1.82) is 0 Å². The maximum Gasteiger partial charge on any atom is 0.416 e. The molecule has 1 aromatic carbocycles. The number of aromatic amines is 1. The van der Waals surface area contributed by atoms with E-state index < -0.39 is 18.3 Å². The smallest absolute Gasteiger partial charge is 0.392 e. The summed E-state index contributed by atoms with van der Waals surface area (Å²) in [5.41, 5.74) is 0.123. The number of benzene rings is 1. The summed E-state index contributed by atoms with van der Waals surface area (Å²) in [4.78, 5) is 8.30. The highest BCUT2D eigenvalue weighted by Crippen LogP contribution is 2.33.